The van der Waals surface area contributed by atoms with E-state index in [1.807, 2.05) is 31.3 Å². The Hall–Kier alpha value is -2.33. The van der Waals surface area contributed by atoms with E-state index in [9.17, 15) is 4.79 Å². The van der Waals surface area contributed by atoms with Crippen LogP contribution in [0.3, 0.4) is 0 Å². The van der Waals surface area contributed by atoms with Crippen molar-refractivity contribution in [3.63, 3.8) is 0 Å². The van der Waals surface area contributed by atoms with Gasteiger partial charge in [-0.25, -0.2) is 0 Å². The normalized spacial score (nSPS) is 12.9. The maximum absolute atomic E-state index is 12.1. The molecule has 4 nitrogen and oxygen atoms in total. The Morgan fingerprint density at radius 2 is 1.90 bits per heavy atom. The molecule has 1 heterocycles. The lowest BCUT2D eigenvalue weighted by Gasteiger charge is -2.13. The summed E-state index contributed by atoms with van der Waals surface area (Å²) in [6.07, 6.45) is 0. The van der Waals surface area contributed by atoms with Crippen LogP contribution in [0.5, 0.6) is 0 Å². The number of nitrogens with one attached hydrogen (secondary N) is 3. The van der Waals surface area contributed by atoms with Gasteiger partial charge in [0, 0.05) is 25.3 Å². The lowest BCUT2D eigenvalue weighted by Crippen LogP contribution is -2.19. The molecule has 4 heteroatoms. The maximum Gasteiger partial charge on any atom is 0.254 e. The zero-order valence-corrected chi connectivity index (χ0v) is 12.1. The van der Waals surface area contributed by atoms with Gasteiger partial charge in [-0.2, -0.15) is 0 Å². The van der Waals surface area contributed by atoms with E-state index in [2.05, 4.69) is 34.1 Å². The fraction of sp³-hybridized carbons (Fsp3) is 0.235. The third kappa shape index (κ3) is 2.62. The van der Waals surface area contributed by atoms with E-state index in [0.717, 1.165) is 41.0 Å². The highest BCUT2D eigenvalue weighted by molar-refractivity contribution is 6.05. The monoisotopic (exact) mass is 281 g/mol. The molecule has 0 atom stereocenters. The molecule has 0 spiro atoms. The van der Waals surface area contributed by atoms with Crippen molar-refractivity contribution in [2.24, 2.45) is 0 Å². The summed E-state index contributed by atoms with van der Waals surface area (Å²) in [7, 11) is 1.91. The van der Waals surface area contributed by atoms with Crippen molar-refractivity contribution in [3.8, 4) is 11.1 Å². The molecular formula is C17H19N3O. The van der Waals surface area contributed by atoms with Crippen LogP contribution in [-0.2, 0) is 6.54 Å². The smallest absolute Gasteiger partial charge is 0.254 e. The first-order valence-corrected chi connectivity index (χ1v) is 7.19. The molecule has 1 aliphatic rings. The standard InChI is InChI=1S/C17H19N3O/c1-18-9-10-19-15-8-7-13(12-5-3-2-4-6-12)14-11-20-17(21)16(14)15/h2-8,18-19H,9-11H2,1H3,(H,20,21). The van der Waals surface area contributed by atoms with E-state index in [4.69, 9.17) is 0 Å². The summed E-state index contributed by atoms with van der Waals surface area (Å²) < 4.78 is 0. The Labute approximate surface area is 124 Å². The van der Waals surface area contributed by atoms with Gasteiger partial charge >= 0.3 is 0 Å². The summed E-state index contributed by atoms with van der Waals surface area (Å²) in [5.41, 5.74) is 5.05. The zero-order chi connectivity index (χ0) is 14.7. The number of likely N-dealkylation sites (N-methyl/N-ethyl adjacent to an activating group) is 1. The first-order valence-electron chi connectivity index (χ1n) is 7.19. The average molecular weight is 281 g/mol. The molecule has 108 valence electrons. The van der Waals surface area contributed by atoms with E-state index >= 15 is 0 Å². The topological polar surface area (TPSA) is 53.2 Å². The molecule has 0 saturated heterocycles. The summed E-state index contributed by atoms with van der Waals surface area (Å²) in [6, 6.07) is 14.3. The number of hydrogen-bond donors (Lipinski definition) is 3. The van der Waals surface area contributed by atoms with E-state index in [1.54, 1.807) is 0 Å². The summed E-state index contributed by atoms with van der Waals surface area (Å²) in [4.78, 5) is 12.1. The fourth-order valence-electron chi connectivity index (χ4n) is 2.71. The zero-order valence-electron chi connectivity index (χ0n) is 12.1. The minimum absolute atomic E-state index is 0.00902. The minimum atomic E-state index is 0.00902. The largest absolute Gasteiger partial charge is 0.383 e. The molecule has 3 rings (SSSR count). The fourth-order valence-corrected chi connectivity index (χ4v) is 2.71. The highest BCUT2D eigenvalue weighted by Crippen LogP contribution is 2.33. The number of amides is 1. The molecule has 0 saturated carbocycles. The van der Waals surface area contributed by atoms with Crippen molar-refractivity contribution in [2.75, 3.05) is 25.5 Å². The van der Waals surface area contributed by atoms with Gasteiger partial charge in [0.15, 0.2) is 0 Å². The SMILES string of the molecule is CNCCNc1ccc(-c2ccccc2)c2c1C(=O)NC2. The number of benzene rings is 2. The van der Waals surface area contributed by atoms with Crippen LogP contribution < -0.4 is 16.0 Å². The molecule has 2 aromatic rings. The van der Waals surface area contributed by atoms with Gasteiger partial charge in [0.2, 0.25) is 0 Å². The molecule has 0 aliphatic carbocycles. The molecule has 0 radical (unpaired) electrons. The number of anilines is 1. The molecular weight excluding hydrogens is 262 g/mol. The lowest BCUT2D eigenvalue weighted by molar-refractivity contribution is 0.0966. The van der Waals surface area contributed by atoms with Crippen LogP contribution in [0, 0.1) is 0 Å². The van der Waals surface area contributed by atoms with Crippen molar-refractivity contribution in [3.05, 3.63) is 53.6 Å². The van der Waals surface area contributed by atoms with E-state index in [0.29, 0.717) is 6.54 Å². The predicted molar refractivity (Wildman–Crippen MR) is 85.5 cm³/mol. The van der Waals surface area contributed by atoms with Crippen LogP contribution in [0.1, 0.15) is 15.9 Å². The Morgan fingerprint density at radius 3 is 2.67 bits per heavy atom. The van der Waals surface area contributed by atoms with Gasteiger partial charge in [-0.05, 0) is 29.8 Å². The average Bonchev–Trinajstić information content (AvgIpc) is 2.91. The van der Waals surface area contributed by atoms with Crippen LogP contribution in [0.25, 0.3) is 11.1 Å². The van der Waals surface area contributed by atoms with Gasteiger partial charge in [-0.15, -0.1) is 0 Å². The van der Waals surface area contributed by atoms with Crippen LogP contribution in [0.15, 0.2) is 42.5 Å². The Morgan fingerprint density at radius 1 is 1.10 bits per heavy atom. The van der Waals surface area contributed by atoms with E-state index < -0.39 is 0 Å². The third-order valence-corrected chi connectivity index (χ3v) is 3.74. The molecule has 21 heavy (non-hydrogen) atoms. The maximum atomic E-state index is 12.1. The molecule has 0 unspecified atom stereocenters. The summed E-state index contributed by atoms with van der Waals surface area (Å²) in [5, 5.41) is 9.35. The number of carbonyl (C=O) groups is 1. The molecule has 0 bridgehead atoms. The van der Waals surface area contributed by atoms with Crippen molar-refractivity contribution in [1.29, 1.82) is 0 Å². The highest BCUT2D eigenvalue weighted by Gasteiger charge is 2.25. The number of rotatable bonds is 5. The number of hydrogen-bond acceptors (Lipinski definition) is 3. The van der Waals surface area contributed by atoms with Gasteiger partial charge < -0.3 is 16.0 Å². The van der Waals surface area contributed by atoms with Crippen LogP contribution in [0.2, 0.25) is 0 Å². The summed E-state index contributed by atoms with van der Waals surface area (Å²) >= 11 is 0. The van der Waals surface area contributed by atoms with Gasteiger partial charge in [-0.1, -0.05) is 36.4 Å². The van der Waals surface area contributed by atoms with Crippen LogP contribution in [0.4, 0.5) is 5.69 Å². The molecule has 1 aliphatic heterocycles. The third-order valence-electron chi connectivity index (χ3n) is 3.74. The van der Waals surface area contributed by atoms with Gasteiger partial charge in [0.05, 0.1) is 5.56 Å². The molecule has 0 fully saturated rings. The highest BCUT2D eigenvalue weighted by atomic mass is 16.1. The Balaban J connectivity index is 2.01. The predicted octanol–water partition coefficient (Wildman–Crippen LogP) is 2.23. The molecule has 3 N–H and O–H groups in total. The van der Waals surface area contributed by atoms with E-state index in [1.165, 1.54) is 0 Å². The minimum Gasteiger partial charge on any atom is -0.383 e. The second-order valence-corrected chi connectivity index (χ2v) is 5.09. The number of carbonyl (C=O) groups excluding carboxylic acids is 1. The first-order chi connectivity index (χ1) is 10.3. The Kier molecular flexibility index (Phi) is 3.88. The second-order valence-electron chi connectivity index (χ2n) is 5.09. The Bertz CT molecular complexity index is 653. The lowest BCUT2D eigenvalue weighted by atomic mass is 9.95. The van der Waals surface area contributed by atoms with Crippen LogP contribution in [-0.4, -0.2) is 26.0 Å². The van der Waals surface area contributed by atoms with Crippen LogP contribution >= 0.6 is 0 Å². The quantitative estimate of drug-likeness (QED) is 0.737. The van der Waals surface area contributed by atoms with Gasteiger partial charge in [-0.3, -0.25) is 4.79 Å². The molecule has 0 aromatic heterocycles. The summed E-state index contributed by atoms with van der Waals surface area (Å²) in [5.74, 6) is 0.00902. The molecule has 1 amide bonds. The first kappa shape index (κ1) is 13.6. The van der Waals surface area contributed by atoms with Gasteiger partial charge in [0.25, 0.3) is 5.91 Å². The van der Waals surface area contributed by atoms with Crippen molar-refractivity contribution in [2.45, 2.75) is 6.54 Å². The second kappa shape index (κ2) is 5.97. The summed E-state index contributed by atoms with van der Waals surface area (Å²) in [6.45, 7) is 2.25. The van der Waals surface area contributed by atoms with Crippen molar-refractivity contribution < 1.29 is 4.79 Å². The number of fused-ring (bicyclic) bond motifs is 1. The molecule has 2 aromatic carbocycles. The van der Waals surface area contributed by atoms with Crippen molar-refractivity contribution >= 4 is 11.6 Å². The van der Waals surface area contributed by atoms with E-state index in [-0.39, 0.29) is 5.91 Å². The van der Waals surface area contributed by atoms with Gasteiger partial charge in [0.1, 0.15) is 0 Å². The van der Waals surface area contributed by atoms with Crippen molar-refractivity contribution in [1.82, 2.24) is 10.6 Å².